The van der Waals surface area contributed by atoms with Crippen molar-refractivity contribution < 1.29 is 9.53 Å². The number of piperazine rings is 1. The fourth-order valence-electron chi connectivity index (χ4n) is 4.17. The van der Waals surface area contributed by atoms with E-state index in [9.17, 15) is 9.59 Å². The SMILES string of the molecule is COc1ccc(C(=O)N2CCCC(n3ncc(N4CCN(C)CC4)cc3=O)C2)cc1. The molecule has 4 rings (SSSR count). The Kier molecular flexibility index (Phi) is 6.03. The van der Waals surface area contributed by atoms with Crippen molar-refractivity contribution in [2.45, 2.75) is 18.9 Å². The van der Waals surface area contributed by atoms with Crippen LogP contribution < -0.4 is 15.2 Å². The third kappa shape index (κ3) is 4.33. The highest BCUT2D eigenvalue weighted by atomic mass is 16.5. The molecule has 2 saturated heterocycles. The van der Waals surface area contributed by atoms with E-state index in [1.165, 1.54) is 0 Å². The molecule has 3 heterocycles. The van der Waals surface area contributed by atoms with Crippen LogP contribution in [0.5, 0.6) is 5.75 Å². The average Bonchev–Trinajstić information content (AvgIpc) is 2.79. The predicted octanol–water partition coefficient (Wildman–Crippen LogP) is 1.48. The first kappa shape index (κ1) is 20.4. The molecule has 0 spiro atoms. The number of hydrogen-bond donors (Lipinski definition) is 0. The predicted molar refractivity (Wildman–Crippen MR) is 115 cm³/mol. The molecule has 2 aliphatic rings. The van der Waals surface area contributed by atoms with E-state index in [-0.39, 0.29) is 17.5 Å². The van der Waals surface area contributed by atoms with Gasteiger partial charge in [-0.3, -0.25) is 9.59 Å². The summed E-state index contributed by atoms with van der Waals surface area (Å²) in [7, 11) is 3.71. The van der Waals surface area contributed by atoms with Crippen molar-refractivity contribution in [2.24, 2.45) is 0 Å². The Morgan fingerprint density at radius 3 is 2.50 bits per heavy atom. The van der Waals surface area contributed by atoms with Gasteiger partial charge in [0.05, 0.1) is 25.0 Å². The number of piperidine rings is 1. The number of aromatic nitrogens is 2. The summed E-state index contributed by atoms with van der Waals surface area (Å²) in [4.78, 5) is 32.0. The maximum Gasteiger partial charge on any atom is 0.269 e. The number of carbonyl (C=O) groups excluding carboxylic acids is 1. The highest BCUT2D eigenvalue weighted by molar-refractivity contribution is 5.94. The van der Waals surface area contributed by atoms with E-state index in [1.807, 2.05) is 4.90 Å². The maximum absolute atomic E-state index is 12.9. The minimum Gasteiger partial charge on any atom is -0.497 e. The lowest BCUT2D eigenvalue weighted by Crippen LogP contribution is -2.46. The second-order valence-electron chi connectivity index (χ2n) is 8.06. The molecular formula is C22H29N5O3. The Morgan fingerprint density at radius 1 is 1.10 bits per heavy atom. The van der Waals surface area contributed by atoms with E-state index in [0.29, 0.717) is 18.7 Å². The van der Waals surface area contributed by atoms with E-state index in [0.717, 1.165) is 50.5 Å². The summed E-state index contributed by atoms with van der Waals surface area (Å²) in [5.41, 5.74) is 1.41. The molecule has 8 heteroatoms. The van der Waals surface area contributed by atoms with Gasteiger partial charge >= 0.3 is 0 Å². The van der Waals surface area contributed by atoms with Gasteiger partial charge in [-0.25, -0.2) is 4.68 Å². The van der Waals surface area contributed by atoms with Crippen LogP contribution in [0.1, 0.15) is 29.2 Å². The molecule has 1 unspecified atom stereocenters. The number of rotatable bonds is 4. The van der Waals surface area contributed by atoms with Crippen LogP contribution in [-0.2, 0) is 0 Å². The molecular weight excluding hydrogens is 382 g/mol. The van der Waals surface area contributed by atoms with Gasteiger partial charge < -0.3 is 19.4 Å². The van der Waals surface area contributed by atoms with Crippen LogP contribution in [0.2, 0.25) is 0 Å². The summed E-state index contributed by atoms with van der Waals surface area (Å²) in [6.07, 6.45) is 3.48. The van der Waals surface area contributed by atoms with Crippen molar-refractivity contribution in [2.75, 3.05) is 58.3 Å². The topological polar surface area (TPSA) is 70.9 Å². The van der Waals surface area contributed by atoms with E-state index in [2.05, 4.69) is 21.9 Å². The molecule has 8 nitrogen and oxygen atoms in total. The lowest BCUT2D eigenvalue weighted by Gasteiger charge is -2.35. The zero-order chi connectivity index (χ0) is 21.1. The molecule has 30 heavy (non-hydrogen) atoms. The van der Waals surface area contributed by atoms with Crippen LogP contribution in [0.25, 0.3) is 0 Å². The number of ether oxygens (including phenoxy) is 1. The fraction of sp³-hybridized carbons (Fsp3) is 0.500. The third-order valence-electron chi connectivity index (χ3n) is 6.05. The molecule has 1 aromatic heterocycles. The van der Waals surface area contributed by atoms with Crippen LogP contribution in [0.15, 0.2) is 41.3 Å². The van der Waals surface area contributed by atoms with Crippen molar-refractivity contribution in [1.82, 2.24) is 19.6 Å². The minimum atomic E-state index is -0.102. The molecule has 1 aromatic carbocycles. The molecule has 2 aliphatic heterocycles. The van der Waals surface area contributed by atoms with Crippen molar-refractivity contribution in [3.8, 4) is 5.75 Å². The van der Waals surface area contributed by atoms with E-state index in [1.54, 1.807) is 48.3 Å². The Hall–Kier alpha value is -2.87. The van der Waals surface area contributed by atoms with E-state index < -0.39 is 0 Å². The van der Waals surface area contributed by atoms with Gasteiger partial charge in [-0.1, -0.05) is 0 Å². The summed E-state index contributed by atoms with van der Waals surface area (Å²) in [5, 5.41) is 4.48. The Balaban J connectivity index is 1.46. The highest BCUT2D eigenvalue weighted by Gasteiger charge is 2.27. The quantitative estimate of drug-likeness (QED) is 0.759. The third-order valence-corrected chi connectivity index (χ3v) is 6.05. The fourth-order valence-corrected chi connectivity index (χ4v) is 4.17. The molecule has 1 amide bonds. The van der Waals surface area contributed by atoms with Crippen molar-refractivity contribution in [1.29, 1.82) is 0 Å². The summed E-state index contributed by atoms with van der Waals surface area (Å²) < 4.78 is 6.71. The molecule has 0 saturated carbocycles. The van der Waals surface area contributed by atoms with Gasteiger partial charge in [-0.05, 0) is 44.2 Å². The van der Waals surface area contributed by atoms with Gasteiger partial charge in [0, 0.05) is 50.9 Å². The van der Waals surface area contributed by atoms with Crippen LogP contribution in [0.4, 0.5) is 5.69 Å². The first-order chi connectivity index (χ1) is 14.5. The zero-order valence-electron chi connectivity index (χ0n) is 17.7. The van der Waals surface area contributed by atoms with Gasteiger partial charge in [0.25, 0.3) is 11.5 Å². The van der Waals surface area contributed by atoms with Crippen molar-refractivity contribution in [3.63, 3.8) is 0 Å². The lowest BCUT2D eigenvalue weighted by atomic mass is 10.0. The summed E-state index contributed by atoms with van der Waals surface area (Å²) in [6, 6.07) is 8.72. The number of methoxy groups -OCH3 is 1. The Bertz CT molecular complexity index is 935. The number of carbonyl (C=O) groups is 1. The number of likely N-dealkylation sites (tertiary alicyclic amines) is 1. The average molecular weight is 412 g/mol. The molecule has 2 aromatic rings. The standard InChI is InChI=1S/C22H29N5O3/c1-24-10-12-25(13-11-24)19-14-21(28)27(23-15-19)18-4-3-9-26(16-18)22(29)17-5-7-20(30-2)8-6-17/h5-8,14-15,18H,3-4,9-13,16H2,1-2H3. The number of likely N-dealkylation sites (N-methyl/N-ethyl adjacent to an activating group) is 1. The second-order valence-corrected chi connectivity index (χ2v) is 8.06. The van der Waals surface area contributed by atoms with Gasteiger partial charge in [0.1, 0.15) is 5.75 Å². The minimum absolute atomic E-state index is 0.0236. The summed E-state index contributed by atoms with van der Waals surface area (Å²) >= 11 is 0. The van der Waals surface area contributed by atoms with E-state index in [4.69, 9.17) is 4.74 Å². The van der Waals surface area contributed by atoms with Crippen LogP contribution >= 0.6 is 0 Å². The van der Waals surface area contributed by atoms with Gasteiger partial charge in [-0.15, -0.1) is 0 Å². The summed E-state index contributed by atoms with van der Waals surface area (Å²) in [6.45, 7) is 4.94. The monoisotopic (exact) mass is 411 g/mol. The van der Waals surface area contributed by atoms with Gasteiger partial charge in [-0.2, -0.15) is 5.10 Å². The van der Waals surface area contributed by atoms with Crippen LogP contribution in [0.3, 0.4) is 0 Å². The zero-order valence-corrected chi connectivity index (χ0v) is 17.7. The maximum atomic E-state index is 12.9. The van der Waals surface area contributed by atoms with Crippen molar-refractivity contribution in [3.05, 3.63) is 52.4 Å². The molecule has 1 atom stereocenters. The normalized spacial score (nSPS) is 20.3. The highest BCUT2D eigenvalue weighted by Crippen LogP contribution is 2.23. The van der Waals surface area contributed by atoms with Crippen molar-refractivity contribution >= 4 is 11.6 Å². The number of benzene rings is 1. The van der Waals surface area contributed by atoms with Crippen LogP contribution in [-0.4, -0.2) is 78.9 Å². The number of anilines is 1. The molecule has 0 bridgehead atoms. The number of amides is 1. The van der Waals surface area contributed by atoms with Gasteiger partial charge in [0.2, 0.25) is 0 Å². The second kappa shape index (κ2) is 8.87. The molecule has 2 fully saturated rings. The smallest absolute Gasteiger partial charge is 0.269 e. The van der Waals surface area contributed by atoms with E-state index >= 15 is 0 Å². The lowest BCUT2D eigenvalue weighted by molar-refractivity contribution is 0.0670. The Morgan fingerprint density at radius 2 is 1.83 bits per heavy atom. The van der Waals surface area contributed by atoms with Gasteiger partial charge in [0.15, 0.2) is 0 Å². The number of hydrogen-bond acceptors (Lipinski definition) is 6. The van der Waals surface area contributed by atoms with Crippen LogP contribution in [0, 0.1) is 0 Å². The summed E-state index contributed by atoms with van der Waals surface area (Å²) in [5.74, 6) is 0.698. The number of nitrogens with zero attached hydrogens (tertiary/aromatic N) is 5. The Labute approximate surface area is 176 Å². The first-order valence-electron chi connectivity index (χ1n) is 10.5. The first-order valence-corrected chi connectivity index (χ1v) is 10.5. The molecule has 0 radical (unpaired) electrons. The molecule has 0 aliphatic carbocycles. The molecule has 0 N–H and O–H groups in total. The molecule has 160 valence electrons. The largest absolute Gasteiger partial charge is 0.497 e.